The van der Waals surface area contributed by atoms with Crippen LogP contribution >= 0.6 is 0 Å². The summed E-state index contributed by atoms with van der Waals surface area (Å²) in [7, 11) is 1.66. The molecule has 1 fully saturated rings. The summed E-state index contributed by atoms with van der Waals surface area (Å²) in [5.41, 5.74) is 0. The molecule has 3 unspecified atom stereocenters. The zero-order valence-corrected chi connectivity index (χ0v) is 11.4. The second-order valence-corrected chi connectivity index (χ2v) is 5.08. The Bertz CT molecular complexity index is 201. The van der Waals surface area contributed by atoms with Crippen LogP contribution in [-0.4, -0.2) is 62.2 Å². The lowest BCUT2D eigenvalue weighted by molar-refractivity contribution is -0.0384. The van der Waals surface area contributed by atoms with Crippen molar-refractivity contribution in [3.8, 4) is 0 Å². The fourth-order valence-electron chi connectivity index (χ4n) is 2.32. The molecule has 0 aromatic heterocycles. The second-order valence-electron chi connectivity index (χ2n) is 5.08. The van der Waals surface area contributed by atoms with Crippen molar-refractivity contribution >= 4 is 0 Å². The van der Waals surface area contributed by atoms with Crippen molar-refractivity contribution < 1.29 is 14.6 Å². The Hall–Kier alpha value is -0.160. The smallest absolute Gasteiger partial charge is 0.0900 e. The van der Waals surface area contributed by atoms with E-state index in [9.17, 15) is 5.11 Å². The lowest BCUT2D eigenvalue weighted by Crippen LogP contribution is -2.34. The van der Waals surface area contributed by atoms with Crippen molar-refractivity contribution in [2.75, 3.05) is 40.0 Å². The zero-order valence-electron chi connectivity index (χ0n) is 11.4. The van der Waals surface area contributed by atoms with E-state index >= 15 is 0 Å². The number of hydrogen-bond donors (Lipinski definition) is 1. The van der Waals surface area contributed by atoms with Gasteiger partial charge in [-0.2, -0.15) is 0 Å². The number of hydrogen-bond acceptors (Lipinski definition) is 4. The predicted molar refractivity (Wildman–Crippen MR) is 68.1 cm³/mol. The highest BCUT2D eigenvalue weighted by atomic mass is 16.5. The number of nitrogens with zero attached hydrogens (tertiary/aromatic N) is 1. The molecular weight excluding hydrogens is 218 g/mol. The van der Waals surface area contributed by atoms with Gasteiger partial charge in [0.2, 0.25) is 0 Å². The Morgan fingerprint density at radius 1 is 1.41 bits per heavy atom. The molecule has 0 aromatic rings. The maximum absolute atomic E-state index is 9.88. The largest absolute Gasteiger partial charge is 0.389 e. The summed E-state index contributed by atoms with van der Waals surface area (Å²) in [6, 6.07) is 0. The minimum atomic E-state index is -0.384. The van der Waals surface area contributed by atoms with Crippen LogP contribution in [-0.2, 0) is 9.47 Å². The number of methoxy groups -OCH3 is 1. The highest BCUT2D eigenvalue weighted by Crippen LogP contribution is 2.18. The van der Waals surface area contributed by atoms with E-state index in [1.807, 2.05) is 6.92 Å². The first-order valence-electron chi connectivity index (χ1n) is 6.66. The summed E-state index contributed by atoms with van der Waals surface area (Å²) in [5, 5.41) is 9.88. The molecule has 4 nitrogen and oxygen atoms in total. The quantitative estimate of drug-likeness (QED) is 0.696. The maximum atomic E-state index is 9.88. The van der Waals surface area contributed by atoms with E-state index in [2.05, 4.69) is 11.8 Å². The molecule has 0 aromatic carbocycles. The van der Waals surface area contributed by atoms with E-state index in [1.165, 1.54) is 12.8 Å². The van der Waals surface area contributed by atoms with Crippen molar-refractivity contribution in [3.05, 3.63) is 0 Å². The number of likely N-dealkylation sites (tertiary alicyclic amines) is 1. The molecule has 0 saturated carbocycles. The van der Waals surface area contributed by atoms with E-state index in [-0.39, 0.29) is 12.2 Å². The SMILES string of the molecule is CCC1CCN(CC(O)COC(C)COC)C1. The fourth-order valence-corrected chi connectivity index (χ4v) is 2.32. The lowest BCUT2D eigenvalue weighted by Gasteiger charge is -2.21. The summed E-state index contributed by atoms with van der Waals surface area (Å²) < 4.78 is 10.5. The Kier molecular flexibility index (Phi) is 7.04. The van der Waals surface area contributed by atoms with Gasteiger partial charge in [-0.3, -0.25) is 0 Å². The van der Waals surface area contributed by atoms with E-state index < -0.39 is 0 Å². The molecule has 1 aliphatic heterocycles. The summed E-state index contributed by atoms with van der Waals surface area (Å²) in [4.78, 5) is 2.34. The molecule has 1 saturated heterocycles. The number of rotatable bonds is 8. The summed E-state index contributed by atoms with van der Waals surface area (Å²) in [6.07, 6.45) is 2.18. The number of aliphatic hydroxyl groups excluding tert-OH is 1. The van der Waals surface area contributed by atoms with Crippen LogP contribution in [0.2, 0.25) is 0 Å². The third kappa shape index (κ3) is 5.82. The van der Waals surface area contributed by atoms with Crippen molar-refractivity contribution in [3.63, 3.8) is 0 Å². The average Bonchev–Trinajstić information content (AvgIpc) is 2.74. The van der Waals surface area contributed by atoms with Crippen LogP contribution in [0.15, 0.2) is 0 Å². The molecule has 0 aliphatic carbocycles. The molecular formula is C13H27NO3. The van der Waals surface area contributed by atoms with Gasteiger partial charge in [0.15, 0.2) is 0 Å². The number of aliphatic hydroxyl groups is 1. The fraction of sp³-hybridized carbons (Fsp3) is 1.00. The minimum absolute atomic E-state index is 0.0524. The highest BCUT2D eigenvalue weighted by molar-refractivity contribution is 4.76. The molecule has 4 heteroatoms. The van der Waals surface area contributed by atoms with Gasteiger partial charge in [-0.05, 0) is 25.8 Å². The standard InChI is InChI=1S/C13H27NO3/c1-4-12-5-6-14(7-12)8-13(15)10-17-11(2)9-16-3/h11-13,15H,4-10H2,1-3H3. The van der Waals surface area contributed by atoms with Gasteiger partial charge in [0.05, 0.1) is 25.4 Å². The molecule has 3 atom stereocenters. The molecule has 17 heavy (non-hydrogen) atoms. The van der Waals surface area contributed by atoms with Gasteiger partial charge in [0.25, 0.3) is 0 Å². The minimum Gasteiger partial charge on any atom is -0.389 e. The van der Waals surface area contributed by atoms with E-state index in [1.54, 1.807) is 7.11 Å². The van der Waals surface area contributed by atoms with Gasteiger partial charge in [-0.1, -0.05) is 13.3 Å². The zero-order chi connectivity index (χ0) is 12.7. The summed E-state index contributed by atoms with van der Waals surface area (Å²) in [6.45, 7) is 8.14. The Morgan fingerprint density at radius 3 is 2.76 bits per heavy atom. The first-order chi connectivity index (χ1) is 8.15. The van der Waals surface area contributed by atoms with E-state index in [0.717, 1.165) is 25.6 Å². The van der Waals surface area contributed by atoms with Gasteiger partial charge < -0.3 is 19.5 Å². The third-order valence-electron chi connectivity index (χ3n) is 3.39. The van der Waals surface area contributed by atoms with Crippen LogP contribution in [0.1, 0.15) is 26.7 Å². The molecule has 0 amide bonds. The van der Waals surface area contributed by atoms with Gasteiger partial charge in [-0.15, -0.1) is 0 Å². The molecule has 0 radical (unpaired) electrons. The third-order valence-corrected chi connectivity index (χ3v) is 3.39. The first kappa shape index (κ1) is 14.9. The predicted octanol–water partition coefficient (Wildman–Crippen LogP) is 1.13. The molecule has 1 N–H and O–H groups in total. The van der Waals surface area contributed by atoms with E-state index in [0.29, 0.717) is 13.2 Å². The van der Waals surface area contributed by atoms with Crippen LogP contribution in [0.4, 0.5) is 0 Å². The van der Waals surface area contributed by atoms with Crippen LogP contribution in [0.25, 0.3) is 0 Å². The van der Waals surface area contributed by atoms with Gasteiger partial charge in [-0.25, -0.2) is 0 Å². The first-order valence-corrected chi connectivity index (χ1v) is 6.66. The number of ether oxygens (including phenoxy) is 2. The summed E-state index contributed by atoms with van der Waals surface area (Å²) in [5.74, 6) is 0.815. The van der Waals surface area contributed by atoms with Gasteiger partial charge in [0, 0.05) is 20.2 Å². The van der Waals surface area contributed by atoms with E-state index in [4.69, 9.17) is 9.47 Å². The average molecular weight is 245 g/mol. The molecule has 0 spiro atoms. The molecule has 1 heterocycles. The highest BCUT2D eigenvalue weighted by Gasteiger charge is 2.22. The summed E-state index contributed by atoms with van der Waals surface area (Å²) >= 11 is 0. The normalized spacial score (nSPS) is 25.1. The van der Waals surface area contributed by atoms with Crippen molar-refractivity contribution in [1.82, 2.24) is 4.90 Å². The topological polar surface area (TPSA) is 41.9 Å². The Morgan fingerprint density at radius 2 is 2.18 bits per heavy atom. The van der Waals surface area contributed by atoms with Crippen LogP contribution in [0.5, 0.6) is 0 Å². The van der Waals surface area contributed by atoms with Gasteiger partial charge >= 0.3 is 0 Å². The Labute approximate surface area is 105 Å². The van der Waals surface area contributed by atoms with Gasteiger partial charge in [0.1, 0.15) is 0 Å². The maximum Gasteiger partial charge on any atom is 0.0900 e. The molecule has 1 rings (SSSR count). The lowest BCUT2D eigenvalue weighted by atomic mass is 10.1. The monoisotopic (exact) mass is 245 g/mol. The van der Waals surface area contributed by atoms with Crippen molar-refractivity contribution in [1.29, 1.82) is 0 Å². The number of β-amino-alcohol motifs (C(OH)–C–C–N with tert-alkyl or cyclic N) is 1. The van der Waals surface area contributed by atoms with Crippen molar-refractivity contribution in [2.24, 2.45) is 5.92 Å². The molecule has 0 bridgehead atoms. The van der Waals surface area contributed by atoms with Crippen LogP contribution < -0.4 is 0 Å². The molecule has 1 aliphatic rings. The van der Waals surface area contributed by atoms with Crippen molar-refractivity contribution in [2.45, 2.75) is 38.9 Å². The Balaban J connectivity index is 2.10. The van der Waals surface area contributed by atoms with Crippen LogP contribution in [0, 0.1) is 5.92 Å². The van der Waals surface area contributed by atoms with Crippen LogP contribution in [0.3, 0.4) is 0 Å². The second kappa shape index (κ2) is 8.03. The molecule has 102 valence electrons.